The van der Waals surface area contributed by atoms with Crippen molar-refractivity contribution < 1.29 is 40.0 Å². The Kier molecular flexibility index (Phi) is 7.03. The number of carbonyl (C=O) groups is 2. The van der Waals surface area contributed by atoms with Gasteiger partial charge < -0.3 is 10.2 Å². The zero-order valence-corrected chi connectivity index (χ0v) is 17.7. The molecule has 13 heteroatoms. The molecule has 2 amide bonds. The topological polar surface area (TPSA) is 86.8 Å². The second kappa shape index (κ2) is 9.43. The summed E-state index contributed by atoms with van der Waals surface area (Å²) in [6.45, 7) is -0.916. The highest BCUT2D eigenvalue weighted by Crippen LogP contribution is 2.31. The molecule has 0 bridgehead atoms. The van der Waals surface area contributed by atoms with Crippen molar-refractivity contribution >= 4 is 21.8 Å². The first kappa shape index (κ1) is 24.6. The van der Waals surface area contributed by atoms with E-state index in [1.54, 1.807) is 0 Å². The SMILES string of the molecule is O=C(NCC(=O)N1CCN(S(=O)(=O)c2cccc(C(F)(F)F)c2)CC1)c1cc(F)cc(F)c1. The van der Waals surface area contributed by atoms with Crippen LogP contribution in [-0.2, 0) is 21.0 Å². The summed E-state index contributed by atoms with van der Waals surface area (Å²) in [5, 5.41) is 2.24. The van der Waals surface area contributed by atoms with Gasteiger partial charge >= 0.3 is 6.18 Å². The van der Waals surface area contributed by atoms with Crippen molar-refractivity contribution in [1.29, 1.82) is 0 Å². The highest BCUT2D eigenvalue weighted by atomic mass is 32.2. The zero-order chi connectivity index (χ0) is 24.4. The van der Waals surface area contributed by atoms with Crippen LogP contribution in [0.3, 0.4) is 0 Å². The van der Waals surface area contributed by atoms with E-state index in [0.717, 1.165) is 34.6 Å². The first-order valence-corrected chi connectivity index (χ1v) is 11.0. The Balaban J connectivity index is 1.58. The van der Waals surface area contributed by atoms with Crippen molar-refractivity contribution in [2.24, 2.45) is 0 Å². The average molecular weight is 491 g/mol. The predicted octanol–water partition coefficient (Wildman–Crippen LogP) is 2.25. The number of carbonyl (C=O) groups excluding carboxylic acids is 2. The van der Waals surface area contributed by atoms with Gasteiger partial charge in [0.25, 0.3) is 5.91 Å². The molecule has 0 saturated carbocycles. The number of rotatable bonds is 5. The van der Waals surface area contributed by atoms with Crippen molar-refractivity contribution in [3.8, 4) is 0 Å². The predicted molar refractivity (Wildman–Crippen MR) is 105 cm³/mol. The fourth-order valence-electron chi connectivity index (χ4n) is 3.21. The lowest BCUT2D eigenvalue weighted by molar-refractivity contribution is -0.137. The summed E-state index contributed by atoms with van der Waals surface area (Å²) in [5.41, 5.74) is -1.40. The molecular formula is C20H18F5N3O4S. The minimum Gasteiger partial charge on any atom is -0.343 e. The number of benzene rings is 2. The van der Waals surface area contributed by atoms with Gasteiger partial charge in [0.2, 0.25) is 15.9 Å². The molecule has 7 nitrogen and oxygen atoms in total. The number of piperazine rings is 1. The molecule has 1 N–H and O–H groups in total. The first-order valence-electron chi connectivity index (χ1n) is 9.57. The van der Waals surface area contributed by atoms with Crippen LogP contribution in [0.25, 0.3) is 0 Å². The van der Waals surface area contributed by atoms with Crippen LogP contribution in [0.2, 0.25) is 0 Å². The van der Waals surface area contributed by atoms with Crippen LogP contribution in [-0.4, -0.2) is 62.2 Å². The molecule has 1 saturated heterocycles. The minimum absolute atomic E-state index is 0.0541. The van der Waals surface area contributed by atoms with Crippen LogP contribution < -0.4 is 5.32 Å². The molecular weight excluding hydrogens is 473 g/mol. The van der Waals surface area contributed by atoms with Crippen LogP contribution in [0.5, 0.6) is 0 Å². The lowest BCUT2D eigenvalue weighted by atomic mass is 10.2. The number of amides is 2. The summed E-state index contributed by atoms with van der Waals surface area (Å²) in [4.78, 5) is 25.1. The Morgan fingerprint density at radius 2 is 1.55 bits per heavy atom. The van der Waals surface area contributed by atoms with Gasteiger partial charge in [0, 0.05) is 37.8 Å². The van der Waals surface area contributed by atoms with Crippen LogP contribution in [0.4, 0.5) is 22.0 Å². The molecule has 3 rings (SSSR count). The van der Waals surface area contributed by atoms with Crippen molar-refractivity contribution in [2.75, 3.05) is 32.7 Å². The number of sulfonamides is 1. The van der Waals surface area contributed by atoms with E-state index in [0.29, 0.717) is 12.1 Å². The normalized spacial score (nSPS) is 15.4. The summed E-state index contributed by atoms with van der Waals surface area (Å²) in [5.74, 6) is -3.34. The molecule has 178 valence electrons. The van der Waals surface area contributed by atoms with E-state index >= 15 is 0 Å². The number of halogens is 5. The molecule has 0 spiro atoms. The molecule has 0 aromatic heterocycles. The molecule has 2 aromatic carbocycles. The lowest BCUT2D eigenvalue weighted by Gasteiger charge is -2.34. The van der Waals surface area contributed by atoms with E-state index in [2.05, 4.69) is 5.32 Å². The Bertz CT molecular complexity index is 1140. The fourth-order valence-corrected chi connectivity index (χ4v) is 4.68. The smallest absolute Gasteiger partial charge is 0.343 e. The fraction of sp³-hybridized carbons (Fsp3) is 0.300. The number of hydrogen-bond donors (Lipinski definition) is 1. The van der Waals surface area contributed by atoms with E-state index < -0.39 is 56.7 Å². The maximum Gasteiger partial charge on any atom is 0.416 e. The second-order valence-electron chi connectivity index (χ2n) is 7.15. The first-order chi connectivity index (χ1) is 15.4. The largest absolute Gasteiger partial charge is 0.416 e. The highest BCUT2D eigenvalue weighted by Gasteiger charge is 2.34. The van der Waals surface area contributed by atoms with Crippen molar-refractivity contribution in [2.45, 2.75) is 11.1 Å². The molecule has 2 aromatic rings. The van der Waals surface area contributed by atoms with Crippen molar-refractivity contribution in [3.63, 3.8) is 0 Å². The zero-order valence-electron chi connectivity index (χ0n) is 16.9. The van der Waals surface area contributed by atoms with Gasteiger partial charge in [-0.2, -0.15) is 17.5 Å². The summed E-state index contributed by atoms with van der Waals surface area (Å²) < 4.78 is 91.5. The van der Waals surface area contributed by atoms with Gasteiger partial charge in [-0.15, -0.1) is 0 Å². The van der Waals surface area contributed by atoms with Gasteiger partial charge in [-0.1, -0.05) is 6.07 Å². The molecule has 1 aliphatic heterocycles. The summed E-state index contributed by atoms with van der Waals surface area (Å²) in [7, 11) is -4.21. The minimum atomic E-state index is -4.70. The third-order valence-corrected chi connectivity index (χ3v) is 6.81. The van der Waals surface area contributed by atoms with E-state index in [-0.39, 0.29) is 31.7 Å². The lowest BCUT2D eigenvalue weighted by Crippen LogP contribution is -2.52. The number of nitrogens with zero attached hydrogens (tertiary/aromatic N) is 2. The maximum atomic E-state index is 13.2. The van der Waals surface area contributed by atoms with Crippen LogP contribution in [0.15, 0.2) is 47.4 Å². The van der Waals surface area contributed by atoms with Gasteiger partial charge in [-0.05, 0) is 30.3 Å². The molecule has 0 atom stereocenters. The second-order valence-corrected chi connectivity index (χ2v) is 9.09. The standard InChI is InChI=1S/C20H18F5N3O4S/c21-15-8-13(9-16(22)11-15)19(30)26-12-18(29)27-4-6-28(7-5-27)33(31,32)17-3-1-2-14(10-17)20(23,24)25/h1-3,8-11H,4-7,12H2,(H,26,30). The Hall–Kier alpha value is -3.06. The van der Waals surface area contributed by atoms with Crippen LogP contribution in [0.1, 0.15) is 15.9 Å². The third kappa shape index (κ3) is 5.85. The molecule has 0 radical (unpaired) electrons. The van der Waals surface area contributed by atoms with E-state index in [1.165, 1.54) is 4.90 Å². The number of hydrogen-bond acceptors (Lipinski definition) is 4. The van der Waals surface area contributed by atoms with Gasteiger partial charge in [0.05, 0.1) is 17.0 Å². The number of alkyl halides is 3. The monoisotopic (exact) mass is 491 g/mol. The molecule has 1 heterocycles. The van der Waals surface area contributed by atoms with Crippen LogP contribution >= 0.6 is 0 Å². The molecule has 0 unspecified atom stereocenters. The summed E-state index contributed by atoms with van der Waals surface area (Å²) >= 11 is 0. The molecule has 33 heavy (non-hydrogen) atoms. The summed E-state index contributed by atoms with van der Waals surface area (Å²) in [6, 6.07) is 5.59. The Morgan fingerprint density at radius 1 is 0.939 bits per heavy atom. The quantitative estimate of drug-likeness (QED) is 0.651. The highest BCUT2D eigenvalue weighted by molar-refractivity contribution is 7.89. The number of nitrogens with one attached hydrogen (secondary N) is 1. The third-order valence-electron chi connectivity index (χ3n) is 4.92. The van der Waals surface area contributed by atoms with Gasteiger partial charge in [-0.3, -0.25) is 9.59 Å². The van der Waals surface area contributed by atoms with E-state index in [9.17, 15) is 40.0 Å². The van der Waals surface area contributed by atoms with Crippen molar-refractivity contribution in [1.82, 2.24) is 14.5 Å². The van der Waals surface area contributed by atoms with Crippen molar-refractivity contribution in [3.05, 3.63) is 65.2 Å². The van der Waals surface area contributed by atoms with E-state index in [1.807, 2.05) is 0 Å². The molecule has 0 aliphatic carbocycles. The molecule has 1 aliphatic rings. The molecule has 1 fully saturated rings. The summed E-state index contributed by atoms with van der Waals surface area (Å²) in [6.07, 6.45) is -4.70. The maximum absolute atomic E-state index is 13.2. The van der Waals surface area contributed by atoms with Gasteiger partial charge in [0.15, 0.2) is 0 Å². The Morgan fingerprint density at radius 3 is 2.12 bits per heavy atom. The average Bonchev–Trinajstić information content (AvgIpc) is 2.76. The van der Waals surface area contributed by atoms with E-state index in [4.69, 9.17) is 0 Å². The van der Waals surface area contributed by atoms with Gasteiger partial charge in [0.1, 0.15) is 11.6 Å². The van der Waals surface area contributed by atoms with Crippen LogP contribution in [0, 0.1) is 11.6 Å². The Labute approximate surface area is 185 Å². The van der Waals surface area contributed by atoms with Gasteiger partial charge in [-0.25, -0.2) is 17.2 Å².